The SMILES string of the molecule is Cc1cc(CC(=O)Nc2cc(C3=CCCC3)[nH]n2)on1. The Hall–Kier alpha value is -2.37. The molecule has 6 nitrogen and oxygen atoms in total. The van der Waals surface area contributed by atoms with Gasteiger partial charge in [0.2, 0.25) is 5.91 Å². The smallest absolute Gasteiger partial charge is 0.233 e. The molecule has 6 heteroatoms. The molecule has 2 N–H and O–H groups in total. The third-order valence-electron chi connectivity index (χ3n) is 3.24. The van der Waals surface area contributed by atoms with Gasteiger partial charge in [0.25, 0.3) is 0 Å². The van der Waals surface area contributed by atoms with E-state index in [1.165, 1.54) is 12.0 Å². The lowest BCUT2D eigenvalue weighted by atomic mass is 10.2. The van der Waals surface area contributed by atoms with E-state index in [1.807, 2.05) is 13.0 Å². The van der Waals surface area contributed by atoms with Crippen LogP contribution in [0, 0.1) is 6.92 Å². The van der Waals surface area contributed by atoms with Gasteiger partial charge in [0.15, 0.2) is 5.82 Å². The highest BCUT2D eigenvalue weighted by Crippen LogP contribution is 2.27. The summed E-state index contributed by atoms with van der Waals surface area (Å²) in [5.74, 6) is 0.919. The van der Waals surface area contributed by atoms with Crippen LogP contribution in [0.4, 0.5) is 5.82 Å². The van der Waals surface area contributed by atoms with E-state index in [0.29, 0.717) is 11.6 Å². The Morgan fingerprint density at radius 3 is 3.10 bits per heavy atom. The largest absolute Gasteiger partial charge is 0.361 e. The molecule has 2 aromatic heterocycles. The van der Waals surface area contributed by atoms with Crippen LogP contribution in [0.1, 0.15) is 36.4 Å². The summed E-state index contributed by atoms with van der Waals surface area (Å²) in [6.07, 6.45) is 5.72. The summed E-state index contributed by atoms with van der Waals surface area (Å²) in [5, 5.41) is 13.6. The predicted molar refractivity (Wildman–Crippen MR) is 74.0 cm³/mol. The average Bonchev–Trinajstić information content (AvgIpc) is 3.10. The second-order valence-electron chi connectivity index (χ2n) is 4.95. The maximum absolute atomic E-state index is 11.9. The number of aromatic nitrogens is 3. The maximum Gasteiger partial charge on any atom is 0.233 e. The maximum atomic E-state index is 11.9. The van der Waals surface area contributed by atoms with Gasteiger partial charge < -0.3 is 9.84 Å². The molecule has 1 aliphatic rings. The highest BCUT2D eigenvalue weighted by atomic mass is 16.5. The van der Waals surface area contributed by atoms with Crippen molar-refractivity contribution < 1.29 is 9.32 Å². The van der Waals surface area contributed by atoms with Crippen molar-refractivity contribution >= 4 is 17.3 Å². The van der Waals surface area contributed by atoms with Crippen molar-refractivity contribution in [2.75, 3.05) is 5.32 Å². The number of hydrogen-bond donors (Lipinski definition) is 2. The topological polar surface area (TPSA) is 83.8 Å². The van der Waals surface area contributed by atoms with E-state index < -0.39 is 0 Å². The van der Waals surface area contributed by atoms with E-state index >= 15 is 0 Å². The molecule has 0 radical (unpaired) electrons. The fraction of sp³-hybridized carbons (Fsp3) is 0.357. The fourth-order valence-electron chi connectivity index (χ4n) is 2.31. The molecule has 0 saturated carbocycles. The summed E-state index contributed by atoms with van der Waals surface area (Å²) in [7, 11) is 0. The number of anilines is 1. The Morgan fingerprint density at radius 2 is 2.40 bits per heavy atom. The number of hydrogen-bond acceptors (Lipinski definition) is 4. The molecule has 20 heavy (non-hydrogen) atoms. The van der Waals surface area contributed by atoms with E-state index in [1.54, 1.807) is 6.07 Å². The van der Waals surface area contributed by atoms with Crippen LogP contribution in [0.5, 0.6) is 0 Å². The minimum atomic E-state index is -0.167. The van der Waals surface area contributed by atoms with Crippen LogP contribution >= 0.6 is 0 Å². The molecule has 3 rings (SSSR count). The predicted octanol–water partition coefficient (Wildman–Crippen LogP) is 2.45. The van der Waals surface area contributed by atoms with Crippen molar-refractivity contribution in [1.29, 1.82) is 0 Å². The number of nitrogens with zero attached hydrogens (tertiary/aromatic N) is 2. The highest BCUT2D eigenvalue weighted by molar-refractivity contribution is 5.91. The van der Waals surface area contributed by atoms with Crippen molar-refractivity contribution in [2.24, 2.45) is 0 Å². The average molecular weight is 272 g/mol. The number of aryl methyl sites for hydroxylation is 1. The number of rotatable bonds is 4. The van der Waals surface area contributed by atoms with Gasteiger partial charge in [0.05, 0.1) is 17.8 Å². The number of allylic oxidation sites excluding steroid dienone is 2. The van der Waals surface area contributed by atoms with Crippen LogP contribution in [-0.2, 0) is 11.2 Å². The van der Waals surface area contributed by atoms with Crippen molar-refractivity contribution in [2.45, 2.75) is 32.6 Å². The molecule has 0 bridgehead atoms. The summed E-state index contributed by atoms with van der Waals surface area (Å²) in [6, 6.07) is 3.61. The van der Waals surface area contributed by atoms with E-state index in [2.05, 4.69) is 26.7 Å². The number of carbonyl (C=O) groups is 1. The fourth-order valence-corrected chi connectivity index (χ4v) is 2.31. The van der Waals surface area contributed by atoms with Crippen molar-refractivity contribution in [1.82, 2.24) is 15.4 Å². The van der Waals surface area contributed by atoms with Gasteiger partial charge in [0, 0.05) is 12.1 Å². The third kappa shape index (κ3) is 2.79. The van der Waals surface area contributed by atoms with Crippen LogP contribution < -0.4 is 5.32 Å². The number of carbonyl (C=O) groups excluding carboxylic acids is 1. The quantitative estimate of drug-likeness (QED) is 0.895. The summed E-state index contributed by atoms with van der Waals surface area (Å²) < 4.78 is 5.01. The monoisotopic (exact) mass is 272 g/mol. The molecule has 0 fully saturated rings. The lowest BCUT2D eigenvalue weighted by Gasteiger charge is -1.98. The van der Waals surface area contributed by atoms with E-state index in [-0.39, 0.29) is 12.3 Å². The van der Waals surface area contributed by atoms with Gasteiger partial charge in [-0.15, -0.1) is 0 Å². The van der Waals surface area contributed by atoms with Gasteiger partial charge in [-0.2, -0.15) is 5.10 Å². The molecule has 0 aromatic carbocycles. The Labute approximate surface area is 116 Å². The molecule has 2 aromatic rings. The summed E-state index contributed by atoms with van der Waals surface area (Å²) in [5.41, 5.74) is 3.01. The second kappa shape index (κ2) is 5.32. The summed E-state index contributed by atoms with van der Waals surface area (Å²) in [4.78, 5) is 11.9. The summed E-state index contributed by atoms with van der Waals surface area (Å²) in [6.45, 7) is 1.82. The first-order chi connectivity index (χ1) is 9.70. The number of amides is 1. The lowest BCUT2D eigenvalue weighted by molar-refractivity contribution is -0.115. The normalized spacial score (nSPS) is 14.3. The van der Waals surface area contributed by atoms with Gasteiger partial charge in [-0.25, -0.2) is 0 Å². The van der Waals surface area contributed by atoms with Crippen LogP contribution in [0.15, 0.2) is 22.7 Å². The Morgan fingerprint density at radius 1 is 1.50 bits per heavy atom. The molecule has 1 amide bonds. The van der Waals surface area contributed by atoms with Gasteiger partial charge in [-0.05, 0) is 31.8 Å². The molecule has 0 unspecified atom stereocenters. The molecular weight excluding hydrogens is 256 g/mol. The van der Waals surface area contributed by atoms with Crippen LogP contribution in [0.2, 0.25) is 0 Å². The molecule has 104 valence electrons. The van der Waals surface area contributed by atoms with Gasteiger partial charge in [0.1, 0.15) is 5.76 Å². The standard InChI is InChI=1S/C14H16N4O2/c1-9-6-11(20-18-9)7-14(19)15-13-8-12(16-17-13)10-4-2-3-5-10/h4,6,8H,2-3,5,7H2,1H3,(H2,15,16,17,19). The second-order valence-corrected chi connectivity index (χ2v) is 4.95. The van der Waals surface area contributed by atoms with Crippen LogP contribution in [0.25, 0.3) is 5.57 Å². The first kappa shape index (κ1) is 12.7. The van der Waals surface area contributed by atoms with E-state index in [0.717, 1.165) is 24.2 Å². The Bertz CT molecular complexity index is 654. The van der Waals surface area contributed by atoms with Gasteiger partial charge in [-0.1, -0.05) is 11.2 Å². The van der Waals surface area contributed by atoms with Crippen LogP contribution in [0.3, 0.4) is 0 Å². The molecular formula is C14H16N4O2. The lowest BCUT2D eigenvalue weighted by Crippen LogP contribution is -2.14. The van der Waals surface area contributed by atoms with E-state index in [9.17, 15) is 4.79 Å². The Kier molecular flexibility index (Phi) is 3.37. The first-order valence-corrected chi connectivity index (χ1v) is 6.67. The Balaban J connectivity index is 1.61. The zero-order valence-corrected chi connectivity index (χ0v) is 11.3. The number of H-pyrrole nitrogens is 1. The van der Waals surface area contributed by atoms with Crippen molar-refractivity contribution in [3.8, 4) is 0 Å². The minimum absolute atomic E-state index is 0.158. The highest BCUT2D eigenvalue weighted by Gasteiger charge is 2.13. The molecule has 0 spiro atoms. The molecule has 0 saturated heterocycles. The minimum Gasteiger partial charge on any atom is -0.361 e. The van der Waals surface area contributed by atoms with E-state index in [4.69, 9.17) is 4.52 Å². The number of aromatic amines is 1. The number of nitrogens with one attached hydrogen (secondary N) is 2. The van der Waals surface area contributed by atoms with Gasteiger partial charge >= 0.3 is 0 Å². The zero-order valence-electron chi connectivity index (χ0n) is 11.3. The van der Waals surface area contributed by atoms with Gasteiger partial charge in [-0.3, -0.25) is 9.89 Å². The van der Waals surface area contributed by atoms with Crippen molar-refractivity contribution in [3.63, 3.8) is 0 Å². The first-order valence-electron chi connectivity index (χ1n) is 6.67. The third-order valence-corrected chi connectivity index (χ3v) is 3.24. The zero-order chi connectivity index (χ0) is 13.9. The molecule has 1 aliphatic carbocycles. The molecule has 0 aliphatic heterocycles. The summed E-state index contributed by atoms with van der Waals surface area (Å²) >= 11 is 0. The van der Waals surface area contributed by atoms with Crippen molar-refractivity contribution in [3.05, 3.63) is 35.4 Å². The molecule has 2 heterocycles. The molecule has 0 atom stereocenters. The van der Waals surface area contributed by atoms with Crippen LogP contribution in [-0.4, -0.2) is 21.3 Å².